The van der Waals surface area contributed by atoms with Gasteiger partial charge in [0.2, 0.25) is 0 Å². The number of carbonyl (C=O) groups excluding carboxylic acids is 1. The maximum Gasteiger partial charge on any atom is 0.322 e. The predicted octanol–water partition coefficient (Wildman–Crippen LogP) is 5.15. The van der Waals surface area contributed by atoms with Gasteiger partial charge in [0.25, 0.3) is 0 Å². The van der Waals surface area contributed by atoms with Gasteiger partial charge in [0.05, 0.1) is 18.5 Å². The van der Waals surface area contributed by atoms with Crippen LogP contribution in [0.1, 0.15) is 5.56 Å². The summed E-state index contributed by atoms with van der Waals surface area (Å²) in [6.45, 7) is 4.77. The van der Waals surface area contributed by atoms with Gasteiger partial charge in [-0.2, -0.15) is 0 Å². The number of para-hydroxylation sites is 4. The Hall–Kier alpha value is -3.67. The van der Waals surface area contributed by atoms with Gasteiger partial charge >= 0.3 is 6.03 Å². The summed E-state index contributed by atoms with van der Waals surface area (Å²) >= 11 is 0. The Bertz CT molecular complexity index is 1050. The topological polar surface area (TPSA) is 54.0 Å². The Labute approximate surface area is 183 Å². The molecule has 1 fully saturated rings. The normalized spacial score (nSPS) is 13.6. The van der Waals surface area contributed by atoms with Crippen molar-refractivity contribution in [3.63, 3.8) is 0 Å². The van der Waals surface area contributed by atoms with E-state index in [4.69, 9.17) is 9.47 Å². The van der Waals surface area contributed by atoms with Gasteiger partial charge in [-0.3, -0.25) is 0 Å². The molecule has 0 saturated carbocycles. The SMILES string of the molecule is COc1ccccc1N1CCN(C(=O)Nc2ccccc2Oc2cccc(C)c2)CC1. The maximum absolute atomic E-state index is 12.9. The first-order valence-corrected chi connectivity index (χ1v) is 10.4. The van der Waals surface area contributed by atoms with Crippen molar-refractivity contribution in [1.82, 2.24) is 4.90 Å². The number of aryl methyl sites for hydroxylation is 1. The van der Waals surface area contributed by atoms with Crippen molar-refractivity contribution in [1.29, 1.82) is 0 Å². The summed E-state index contributed by atoms with van der Waals surface area (Å²) in [5.41, 5.74) is 2.83. The second-order valence-corrected chi connectivity index (χ2v) is 7.49. The van der Waals surface area contributed by atoms with E-state index in [2.05, 4.69) is 10.2 Å². The number of ether oxygens (including phenoxy) is 2. The van der Waals surface area contributed by atoms with Crippen LogP contribution in [0.15, 0.2) is 72.8 Å². The number of amides is 2. The highest BCUT2D eigenvalue weighted by molar-refractivity contribution is 5.91. The van der Waals surface area contributed by atoms with Crippen molar-refractivity contribution in [3.05, 3.63) is 78.4 Å². The van der Waals surface area contributed by atoms with Gasteiger partial charge in [0.1, 0.15) is 11.5 Å². The van der Waals surface area contributed by atoms with Crippen LogP contribution in [0.3, 0.4) is 0 Å². The minimum absolute atomic E-state index is 0.125. The number of hydrogen-bond donors (Lipinski definition) is 1. The molecule has 1 heterocycles. The average molecular weight is 418 g/mol. The predicted molar refractivity (Wildman–Crippen MR) is 123 cm³/mol. The van der Waals surface area contributed by atoms with Crippen LogP contribution in [0.4, 0.5) is 16.2 Å². The van der Waals surface area contributed by atoms with E-state index in [1.807, 2.05) is 84.6 Å². The van der Waals surface area contributed by atoms with Crippen LogP contribution < -0.4 is 19.7 Å². The second-order valence-electron chi connectivity index (χ2n) is 7.49. The first kappa shape index (κ1) is 20.6. The lowest BCUT2D eigenvalue weighted by molar-refractivity contribution is 0.208. The number of hydrogen-bond acceptors (Lipinski definition) is 4. The van der Waals surface area contributed by atoms with Crippen LogP contribution in [0.2, 0.25) is 0 Å². The van der Waals surface area contributed by atoms with E-state index in [1.165, 1.54) is 0 Å². The van der Waals surface area contributed by atoms with E-state index in [0.717, 1.165) is 35.8 Å². The molecule has 6 nitrogen and oxygen atoms in total. The van der Waals surface area contributed by atoms with E-state index < -0.39 is 0 Å². The first-order valence-electron chi connectivity index (χ1n) is 10.4. The summed E-state index contributed by atoms with van der Waals surface area (Å²) in [5, 5.41) is 3.01. The Morgan fingerprint density at radius 1 is 0.871 bits per heavy atom. The molecule has 3 aromatic rings. The molecule has 6 heteroatoms. The minimum Gasteiger partial charge on any atom is -0.495 e. The molecule has 1 saturated heterocycles. The monoisotopic (exact) mass is 417 g/mol. The van der Waals surface area contributed by atoms with Gasteiger partial charge in [-0.05, 0) is 48.9 Å². The molecule has 0 unspecified atom stereocenters. The van der Waals surface area contributed by atoms with Crippen molar-refractivity contribution in [2.24, 2.45) is 0 Å². The summed E-state index contributed by atoms with van der Waals surface area (Å²) in [5.74, 6) is 2.21. The van der Waals surface area contributed by atoms with E-state index in [0.29, 0.717) is 24.5 Å². The number of methoxy groups -OCH3 is 1. The minimum atomic E-state index is -0.125. The molecule has 160 valence electrons. The standard InChI is InChI=1S/C25H27N3O3/c1-19-8-7-9-20(18-19)31-23-12-5-3-10-21(23)26-25(29)28-16-14-27(15-17-28)22-11-4-6-13-24(22)30-2/h3-13,18H,14-17H2,1-2H3,(H,26,29). The van der Waals surface area contributed by atoms with Gasteiger partial charge in [-0.1, -0.05) is 36.4 Å². The number of nitrogens with one attached hydrogen (secondary N) is 1. The summed E-state index contributed by atoms with van der Waals surface area (Å²) in [7, 11) is 1.68. The van der Waals surface area contributed by atoms with Gasteiger partial charge in [-0.25, -0.2) is 4.79 Å². The van der Waals surface area contributed by atoms with Crippen molar-refractivity contribution in [2.75, 3.05) is 43.5 Å². The van der Waals surface area contributed by atoms with Gasteiger partial charge < -0.3 is 24.6 Å². The molecule has 4 rings (SSSR count). The zero-order valence-electron chi connectivity index (χ0n) is 17.9. The lowest BCUT2D eigenvalue weighted by atomic mass is 10.2. The second kappa shape index (κ2) is 9.43. The third-order valence-corrected chi connectivity index (χ3v) is 5.34. The number of benzene rings is 3. The largest absolute Gasteiger partial charge is 0.495 e. The summed E-state index contributed by atoms with van der Waals surface area (Å²) in [4.78, 5) is 17.0. The first-order chi connectivity index (χ1) is 15.1. The zero-order valence-corrected chi connectivity index (χ0v) is 17.9. The molecule has 1 aliphatic heterocycles. The van der Waals surface area contributed by atoms with Gasteiger partial charge in [0, 0.05) is 26.2 Å². The van der Waals surface area contributed by atoms with Gasteiger partial charge in [0.15, 0.2) is 5.75 Å². The Morgan fingerprint density at radius 3 is 2.32 bits per heavy atom. The molecule has 2 amide bonds. The molecule has 0 aromatic heterocycles. The molecule has 1 N–H and O–H groups in total. The third kappa shape index (κ3) is 4.91. The molecule has 31 heavy (non-hydrogen) atoms. The molecular formula is C25H27N3O3. The molecule has 0 aliphatic carbocycles. The van der Waals surface area contributed by atoms with Crippen LogP contribution >= 0.6 is 0 Å². The van der Waals surface area contributed by atoms with E-state index >= 15 is 0 Å². The zero-order chi connectivity index (χ0) is 21.6. The number of nitrogens with zero attached hydrogens (tertiary/aromatic N) is 2. The highest BCUT2D eigenvalue weighted by Crippen LogP contribution is 2.31. The fraction of sp³-hybridized carbons (Fsp3) is 0.240. The molecule has 0 bridgehead atoms. The van der Waals surface area contributed by atoms with Crippen LogP contribution in [-0.2, 0) is 0 Å². The summed E-state index contributed by atoms with van der Waals surface area (Å²) in [6.07, 6.45) is 0. The van der Waals surface area contributed by atoms with Crippen LogP contribution in [-0.4, -0.2) is 44.2 Å². The van der Waals surface area contributed by atoms with Crippen molar-refractivity contribution >= 4 is 17.4 Å². The summed E-state index contributed by atoms with van der Waals surface area (Å²) < 4.78 is 11.5. The Morgan fingerprint density at radius 2 is 1.58 bits per heavy atom. The van der Waals surface area contributed by atoms with E-state index in [9.17, 15) is 4.79 Å². The molecular weight excluding hydrogens is 390 g/mol. The smallest absolute Gasteiger partial charge is 0.322 e. The fourth-order valence-electron chi connectivity index (χ4n) is 3.70. The molecule has 0 atom stereocenters. The highest BCUT2D eigenvalue weighted by Gasteiger charge is 2.23. The number of carbonyl (C=O) groups is 1. The fourth-order valence-corrected chi connectivity index (χ4v) is 3.70. The Balaban J connectivity index is 1.39. The van der Waals surface area contributed by atoms with Crippen molar-refractivity contribution in [2.45, 2.75) is 6.92 Å². The van der Waals surface area contributed by atoms with Crippen molar-refractivity contribution in [3.8, 4) is 17.2 Å². The maximum atomic E-state index is 12.9. The number of urea groups is 1. The number of anilines is 2. The van der Waals surface area contributed by atoms with Crippen LogP contribution in [0.5, 0.6) is 17.2 Å². The van der Waals surface area contributed by atoms with E-state index in [1.54, 1.807) is 7.11 Å². The van der Waals surface area contributed by atoms with Crippen molar-refractivity contribution < 1.29 is 14.3 Å². The quantitative estimate of drug-likeness (QED) is 0.624. The molecule has 1 aliphatic rings. The highest BCUT2D eigenvalue weighted by atomic mass is 16.5. The number of piperazine rings is 1. The molecule has 0 spiro atoms. The summed E-state index contributed by atoms with van der Waals surface area (Å²) in [6, 6.07) is 23.2. The number of rotatable bonds is 5. The third-order valence-electron chi connectivity index (χ3n) is 5.34. The van der Waals surface area contributed by atoms with Gasteiger partial charge in [-0.15, -0.1) is 0 Å². The molecule has 0 radical (unpaired) electrons. The molecule has 3 aromatic carbocycles. The van der Waals surface area contributed by atoms with Crippen LogP contribution in [0.25, 0.3) is 0 Å². The lowest BCUT2D eigenvalue weighted by Gasteiger charge is -2.36. The van der Waals surface area contributed by atoms with Crippen LogP contribution in [0, 0.1) is 6.92 Å². The average Bonchev–Trinajstić information content (AvgIpc) is 2.80. The lowest BCUT2D eigenvalue weighted by Crippen LogP contribution is -2.50. The van der Waals surface area contributed by atoms with E-state index in [-0.39, 0.29) is 6.03 Å². The Kier molecular flexibility index (Phi) is 6.26.